The monoisotopic (exact) mass is 310 g/mol. The molecule has 1 N–H and O–H groups in total. The second-order valence-electron chi connectivity index (χ2n) is 4.40. The minimum Gasteiger partial charge on any atom is -0.462 e. The van der Waals surface area contributed by atoms with E-state index in [0.717, 1.165) is 5.01 Å². The molecule has 2 aromatic heterocycles. The minimum absolute atomic E-state index is 0.0653. The van der Waals surface area contributed by atoms with Crippen LogP contribution < -0.4 is 0 Å². The van der Waals surface area contributed by atoms with Gasteiger partial charge >= 0.3 is 0 Å². The zero-order chi connectivity index (χ0) is 15.1. The molecule has 0 radical (unpaired) electrons. The Bertz CT molecular complexity index is 553. The molecule has 0 saturated carbocycles. The number of furan rings is 1. The highest BCUT2D eigenvalue weighted by Crippen LogP contribution is 2.24. The molecule has 2 rings (SSSR count). The second kappa shape index (κ2) is 7.92. The van der Waals surface area contributed by atoms with Gasteiger partial charge in [-0.15, -0.1) is 11.3 Å². The Labute approximate surface area is 127 Å². The number of ether oxygens (including phenoxy) is 1. The summed E-state index contributed by atoms with van der Waals surface area (Å²) in [6.07, 6.45) is 1.80. The first-order valence-corrected chi connectivity index (χ1v) is 7.48. The zero-order valence-electron chi connectivity index (χ0n) is 11.8. The largest absolute Gasteiger partial charge is 0.462 e. The molecule has 1 amide bonds. The highest BCUT2D eigenvalue weighted by molar-refractivity contribution is 7.13. The lowest BCUT2D eigenvalue weighted by Gasteiger charge is -2.20. The van der Waals surface area contributed by atoms with Gasteiger partial charge < -0.3 is 19.2 Å². The van der Waals surface area contributed by atoms with Gasteiger partial charge in [-0.3, -0.25) is 4.79 Å². The van der Waals surface area contributed by atoms with Crippen LogP contribution in [0.2, 0.25) is 0 Å². The summed E-state index contributed by atoms with van der Waals surface area (Å²) in [6.45, 7) is 1.15. The van der Waals surface area contributed by atoms with Crippen LogP contribution >= 0.6 is 11.3 Å². The summed E-state index contributed by atoms with van der Waals surface area (Å²) in [5.74, 6) is 0.627. The predicted molar refractivity (Wildman–Crippen MR) is 79.1 cm³/mol. The minimum atomic E-state index is -0.0719. The van der Waals surface area contributed by atoms with E-state index in [9.17, 15) is 4.79 Å². The highest BCUT2D eigenvalue weighted by Gasteiger charge is 2.16. The van der Waals surface area contributed by atoms with E-state index < -0.39 is 0 Å². The van der Waals surface area contributed by atoms with Crippen LogP contribution in [0.3, 0.4) is 0 Å². The van der Waals surface area contributed by atoms with E-state index >= 15 is 0 Å². The van der Waals surface area contributed by atoms with E-state index in [4.69, 9.17) is 14.3 Å². The molecule has 21 heavy (non-hydrogen) atoms. The van der Waals surface area contributed by atoms with Crippen LogP contribution in [0.15, 0.2) is 28.2 Å². The first-order valence-electron chi connectivity index (χ1n) is 6.60. The summed E-state index contributed by atoms with van der Waals surface area (Å²) in [7, 11) is 1.58. The summed E-state index contributed by atoms with van der Waals surface area (Å²) in [4.78, 5) is 18.2. The molecule has 7 heteroatoms. The van der Waals surface area contributed by atoms with Crippen molar-refractivity contribution < 1.29 is 19.1 Å². The van der Waals surface area contributed by atoms with E-state index in [1.54, 1.807) is 24.3 Å². The van der Waals surface area contributed by atoms with E-state index in [1.165, 1.54) is 11.3 Å². The Morgan fingerprint density at radius 3 is 3.05 bits per heavy atom. The molecule has 0 saturated heterocycles. The van der Waals surface area contributed by atoms with Crippen molar-refractivity contribution in [1.82, 2.24) is 9.88 Å². The summed E-state index contributed by atoms with van der Waals surface area (Å²) < 4.78 is 10.3. The third kappa shape index (κ3) is 4.38. The average Bonchev–Trinajstić information content (AvgIpc) is 3.13. The molecule has 2 aromatic rings. The van der Waals surface area contributed by atoms with Crippen molar-refractivity contribution in [3.05, 3.63) is 29.5 Å². The first kappa shape index (κ1) is 15.7. The highest BCUT2D eigenvalue weighted by atomic mass is 32.1. The van der Waals surface area contributed by atoms with Crippen molar-refractivity contribution in [3.63, 3.8) is 0 Å². The van der Waals surface area contributed by atoms with E-state index in [2.05, 4.69) is 4.98 Å². The number of aliphatic hydroxyl groups excluding tert-OH is 1. The van der Waals surface area contributed by atoms with Gasteiger partial charge in [0.2, 0.25) is 5.91 Å². The van der Waals surface area contributed by atoms with Gasteiger partial charge in [-0.1, -0.05) is 0 Å². The number of amides is 1. The maximum absolute atomic E-state index is 12.2. The molecule has 0 aliphatic rings. The Morgan fingerprint density at radius 1 is 1.52 bits per heavy atom. The number of thiazole rings is 1. The van der Waals surface area contributed by atoms with Crippen molar-refractivity contribution in [1.29, 1.82) is 0 Å². The van der Waals surface area contributed by atoms with Gasteiger partial charge in [0.1, 0.15) is 0 Å². The number of methoxy groups -OCH3 is 1. The molecule has 0 aliphatic heterocycles. The average molecular weight is 310 g/mol. The molecule has 6 nitrogen and oxygen atoms in total. The molecule has 0 bridgehead atoms. The van der Waals surface area contributed by atoms with Crippen LogP contribution in [0.25, 0.3) is 10.8 Å². The van der Waals surface area contributed by atoms with Crippen molar-refractivity contribution in [2.75, 3.05) is 33.4 Å². The number of rotatable bonds is 8. The van der Waals surface area contributed by atoms with Crippen LogP contribution in [-0.2, 0) is 16.0 Å². The fourth-order valence-corrected chi connectivity index (χ4v) is 2.64. The van der Waals surface area contributed by atoms with Crippen molar-refractivity contribution in [2.24, 2.45) is 0 Å². The molecule has 0 aromatic carbocycles. The third-order valence-corrected chi connectivity index (χ3v) is 3.81. The van der Waals surface area contributed by atoms with E-state index in [-0.39, 0.29) is 18.9 Å². The summed E-state index contributed by atoms with van der Waals surface area (Å²) in [6, 6.07) is 3.64. The smallest absolute Gasteiger partial charge is 0.228 e. The third-order valence-electron chi connectivity index (χ3n) is 2.90. The lowest BCUT2D eigenvalue weighted by molar-refractivity contribution is -0.131. The molecule has 0 spiro atoms. The Hall–Kier alpha value is -1.70. The maximum atomic E-state index is 12.2. The SMILES string of the molecule is COCCN(CCO)C(=O)Cc1csc(-c2ccco2)n1. The van der Waals surface area contributed by atoms with Crippen molar-refractivity contribution in [3.8, 4) is 10.8 Å². The maximum Gasteiger partial charge on any atom is 0.228 e. The molecule has 0 aliphatic carbocycles. The van der Waals surface area contributed by atoms with Gasteiger partial charge in [0.05, 0.1) is 31.6 Å². The number of hydrogen-bond acceptors (Lipinski definition) is 6. The molecule has 0 fully saturated rings. The number of aliphatic hydroxyl groups is 1. The number of carbonyl (C=O) groups is 1. The molecular weight excluding hydrogens is 292 g/mol. The van der Waals surface area contributed by atoms with Gasteiger partial charge in [0, 0.05) is 25.6 Å². The fourth-order valence-electron chi connectivity index (χ4n) is 1.85. The van der Waals surface area contributed by atoms with Crippen LogP contribution in [0.5, 0.6) is 0 Å². The number of carbonyl (C=O) groups excluding carboxylic acids is 1. The molecule has 0 atom stereocenters. The van der Waals surface area contributed by atoms with E-state index in [0.29, 0.717) is 31.2 Å². The molecule has 0 unspecified atom stereocenters. The second-order valence-corrected chi connectivity index (χ2v) is 5.25. The molecule has 2 heterocycles. The zero-order valence-corrected chi connectivity index (χ0v) is 12.6. The fraction of sp³-hybridized carbons (Fsp3) is 0.429. The van der Waals surface area contributed by atoms with Gasteiger partial charge in [-0.2, -0.15) is 0 Å². The number of hydrogen-bond donors (Lipinski definition) is 1. The van der Waals surface area contributed by atoms with Gasteiger partial charge in [-0.25, -0.2) is 4.98 Å². The Kier molecular flexibility index (Phi) is 5.91. The Morgan fingerprint density at radius 2 is 2.38 bits per heavy atom. The summed E-state index contributed by atoms with van der Waals surface area (Å²) >= 11 is 1.44. The van der Waals surface area contributed by atoms with Crippen molar-refractivity contribution in [2.45, 2.75) is 6.42 Å². The molecule has 114 valence electrons. The van der Waals surface area contributed by atoms with Crippen LogP contribution in [0, 0.1) is 0 Å². The van der Waals surface area contributed by atoms with Crippen molar-refractivity contribution >= 4 is 17.2 Å². The Balaban J connectivity index is 1.97. The van der Waals surface area contributed by atoms with E-state index in [1.807, 2.05) is 11.4 Å². The lowest BCUT2D eigenvalue weighted by Crippen LogP contribution is -2.37. The normalized spacial score (nSPS) is 10.8. The molecular formula is C14H18N2O4S. The first-order chi connectivity index (χ1) is 10.2. The summed E-state index contributed by atoms with van der Waals surface area (Å²) in [5.41, 5.74) is 0.705. The topological polar surface area (TPSA) is 75.8 Å². The van der Waals surface area contributed by atoms with Crippen LogP contribution in [-0.4, -0.2) is 54.3 Å². The van der Waals surface area contributed by atoms with Gasteiger partial charge in [0.25, 0.3) is 0 Å². The van der Waals surface area contributed by atoms with Gasteiger partial charge in [-0.05, 0) is 12.1 Å². The lowest BCUT2D eigenvalue weighted by atomic mass is 10.3. The predicted octanol–water partition coefficient (Wildman–Crippen LogP) is 1.41. The summed E-state index contributed by atoms with van der Waals surface area (Å²) in [5, 5.41) is 11.6. The number of nitrogens with zero attached hydrogens (tertiary/aromatic N) is 2. The van der Waals surface area contributed by atoms with Crippen LogP contribution in [0.1, 0.15) is 5.69 Å². The quantitative estimate of drug-likeness (QED) is 0.798. The standard InChI is InChI=1S/C14H18N2O4S/c1-19-8-5-16(4-6-17)13(18)9-11-10-21-14(15-11)12-3-2-7-20-12/h2-3,7,10,17H,4-6,8-9H2,1H3. The van der Waals surface area contributed by atoms with Gasteiger partial charge in [0.15, 0.2) is 10.8 Å². The van der Waals surface area contributed by atoms with Crippen LogP contribution in [0.4, 0.5) is 0 Å². The number of aromatic nitrogens is 1.